The van der Waals surface area contributed by atoms with Crippen LogP contribution < -0.4 is 11.1 Å². The van der Waals surface area contributed by atoms with Gasteiger partial charge in [-0.15, -0.1) is 0 Å². The van der Waals surface area contributed by atoms with Crippen LogP contribution in [0.2, 0.25) is 0 Å². The molecule has 7 rings (SSSR count). The lowest BCUT2D eigenvalue weighted by Gasteiger charge is -2.17. The number of aryl methyl sites for hydroxylation is 2. The third-order valence-electron chi connectivity index (χ3n) is 9.36. The van der Waals surface area contributed by atoms with E-state index in [0.29, 0.717) is 30.6 Å². The number of phenols is 1. The Hall–Kier alpha value is -5.64. The minimum absolute atomic E-state index is 0.114. The number of primary amides is 1. The molecule has 0 saturated carbocycles. The maximum Gasteiger partial charge on any atom is 0.252 e. The number of rotatable bonds is 11. The number of benzene rings is 4. The maximum absolute atomic E-state index is 13.4. The van der Waals surface area contributed by atoms with Crippen molar-refractivity contribution in [3.05, 3.63) is 96.1 Å². The number of nitrogens with two attached hydrogens (primary N) is 1. The van der Waals surface area contributed by atoms with E-state index in [4.69, 9.17) is 10.7 Å². The van der Waals surface area contributed by atoms with E-state index in [9.17, 15) is 19.5 Å². The van der Waals surface area contributed by atoms with E-state index < -0.39 is 17.9 Å². The van der Waals surface area contributed by atoms with Gasteiger partial charge in [0.1, 0.15) is 17.6 Å². The topological polar surface area (TPSA) is 135 Å². The van der Waals surface area contributed by atoms with Crippen molar-refractivity contribution in [2.75, 3.05) is 13.1 Å². The van der Waals surface area contributed by atoms with E-state index in [2.05, 4.69) is 63.8 Å². The van der Waals surface area contributed by atoms with Gasteiger partial charge in [-0.25, -0.2) is 4.98 Å². The van der Waals surface area contributed by atoms with Crippen LogP contribution in [0.3, 0.4) is 0 Å². The molecule has 3 amide bonds. The van der Waals surface area contributed by atoms with E-state index in [1.807, 2.05) is 11.0 Å². The molecule has 244 valence electrons. The van der Waals surface area contributed by atoms with Crippen molar-refractivity contribution in [1.82, 2.24) is 24.3 Å². The fraction of sp³-hybridized carbons (Fsp3) is 0.263. The quantitative estimate of drug-likeness (QED) is 0.175. The number of fused-ring (bicyclic) bond motifs is 4. The molecule has 3 heterocycles. The van der Waals surface area contributed by atoms with Crippen LogP contribution in [-0.2, 0) is 29.1 Å². The fourth-order valence-corrected chi connectivity index (χ4v) is 6.94. The molecule has 2 aromatic heterocycles. The molecule has 10 nitrogen and oxygen atoms in total. The third kappa shape index (κ3) is 5.85. The number of nitrogens with one attached hydrogen (secondary N) is 1. The molecule has 0 unspecified atom stereocenters. The molecule has 0 bridgehead atoms. The van der Waals surface area contributed by atoms with Crippen molar-refractivity contribution >= 4 is 50.6 Å². The van der Waals surface area contributed by atoms with Crippen molar-refractivity contribution in [3.63, 3.8) is 0 Å². The summed E-state index contributed by atoms with van der Waals surface area (Å²) >= 11 is 0. The number of aromatic hydroxyl groups is 1. The lowest BCUT2D eigenvalue weighted by atomic mass is 10.0. The molecule has 6 aromatic rings. The van der Waals surface area contributed by atoms with Crippen LogP contribution in [0, 0.1) is 0 Å². The number of imidazole rings is 1. The van der Waals surface area contributed by atoms with Gasteiger partial charge in [0.25, 0.3) is 5.91 Å². The zero-order chi connectivity index (χ0) is 33.4. The molecule has 10 heteroatoms. The summed E-state index contributed by atoms with van der Waals surface area (Å²) in [5.41, 5.74) is 11.6. The Morgan fingerprint density at radius 2 is 1.69 bits per heavy atom. The van der Waals surface area contributed by atoms with Crippen molar-refractivity contribution in [2.45, 2.75) is 51.7 Å². The average molecular weight is 643 g/mol. The standard InChI is InChI=1S/C38H38N6O4/c1-2-43-32-8-4-3-7-28(32)29-22-25(12-16-33(29)43)37-40-30-23-26(13-17-34(30)44(37)20-6-19-42-18-5-9-35(42)46)38(48)41-31(36(39)47)21-24-10-14-27(45)15-11-24/h3-4,7-8,10-17,22-23,31,45H,2,5-6,9,18-21H2,1H3,(H2,39,47)(H,41,48)/t31-/m0/s1. The first-order valence-corrected chi connectivity index (χ1v) is 16.5. The number of phenolic OH excluding ortho intramolecular Hbond substituents is 1. The summed E-state index contributed by atoms with van der Waals surface area (Å²) < 4.78 is 4.49. The minimum atomic E-state index is -0.934. The van der Waals surface area contributed by atoms with Gasteiger partial charge in [0.05, 0.1) is 11.0 Å². The largest absolute Gasteiger partial charge is 0.508 e. The molecule has 48 heavy (non-hydrogen) atoms. The zero-order valence-electron chi connectivity index (χ0n) is 26.9. The van der Waals surface area contributed by atoms with Crippen LogP contribution in [0.5, 0.6) is 5.75 Å². The summed E-state index contributed by atoms with van der Waals surface area (Å²) in [6, 6.07) is 25.7. The Balaban J connectivity index is 1.24. The van der Waals surface area contributed by atoms with Gasteiger partial charge in [-0.05, 0) is 79.9 Å². The summed E-state index contributed by atoms with van der Waals surface area (Å²) in [5, 5.41) is 14.7. The third-order valence-corrected chi connectivity index (χ3v) is 9.36. The van der Waals surface area contributed by atoms with Crippen molar-refractivity contribution in [3.8, 4) is 17.1 Å². The Kier molecular flexibility index (Phi) is 8.31. The number of aromatic nitrogens is 3. The second-order valence-electron chi connectivity index (χ2n) is 12.4. The van der Waals surface area contributed by atoms with Gasteiger partial charge in [0.15, 0.2) is 0 Å². The Morgan fingerprint density at radius 3 is 2.44 bits per heavy atom. The molecule has 1 fully saturated rings. The maximum atomic E-state index is 13.4. The summed E-state index contributed by atoms with van der Waals surface area (Å²) in [4.78, 5) is 45.0. The molecule has 1 saturated heterocycles. The lowest BCUT2D eigenvalue weighted by Crippen LogP contribution is -2.45. The average Bonchev–Trinajstić information content (AvgIpc) is 3.77. The summed E-state index contributed by atoms with van der Waals surface area (Å²) in [7, 11) is 0. The summed E-state index contributed by atoms with van der Waals surface area (Å²) in [6.45, 7) is 5.12. The molecule has 1 atom stereocenters. The van der Waals surface area contributed by atoms with Gasteiger partial charge in [0.2, 0.25) is 11.8 Å². The van der Waals surface area contributed by atoms with Crippen molar-refractivity contribution < 1.29 is 19.5 Å². The molecule has 1 aliphatic heterocycles. The lowest BCUT2D eigenvalue weighted by molar-refractivity contribution is -0.127. The highest BCUT2D eigenvalue weighted by Crippen LogP contribution is 2.34. The summed E-state index contributed by atoms with van der Waals surface area (Å²) in [6.07, 6.45) is 2.47. The number of nitrogens with zero attached hydrogens (tertiary/aromatic N) is 4. The number of hydrogen-bond acceptors (Lipinski definition) is 5. The van der Waals surface area contributed by atoms with Crippen LogP contribution >= 0.6 is 0 Å². The normalized spacial score (nSPS) is 13.9. The Labute approximate surface area is 277 Å². The molecule has 0 spiro atoms. The van der Waals surface area contributed by atoms with E-state index in [0.717, 1.165) is 59.3 Å². The van der Waals surface area contributed by atoms with Gasteiger partial charge in [-0.3, -0.25) is 14.4 Å². The molecule has 0 radical (unpaired) electrons. The van der Waals surface area contributed by atoms with Gasteiger partial charge in [-0.1, -0.05) is 30.3 Å². The van der Waals surface area contributed by atoms with Crippen LogP contribution in [0.1, 0.15) is 42.1 Å². The Morgan fingerprint density at radius 1 is 0.917 bits per heavy atom. The zero-order valence-corrected chi connectivity index (χ0v) is 26.9. The fourth-order valence-electron chi connectivity index (χ4n) is 6.94. The van der Waals surface area contributed by atoms with E-state index in [-0.39, 0.29) is 18.1 Å². The first kappa shape index (κ1) is 31.0. The molecule has 4 aromatic carbocycles. The molecule has 4 N–H and O–H groups in total. The van der Waals surface area contributed by atoms with Gasteiger partial charge in [-0.2, -0.15) is 0 Å². The number of hydrogen-bond donors (Lipinski definition) is 3. The van der Waals surface area contributed by atoms with Crippen molar-refractivity contribution in [1.29, 1.82) is 0 Å². The van der Waals surface area contributed by atoms with E-state index in [1.165, 1.54) is 23.0 Å². The molecule has 0 aliphatic carbocycles. The Bertz CT molecular complexity index is 2180. The predicted molar refractivity (Wildman–Crippen MR) is 187 cm³/mol. The monoisotopic (exact) mass is 642 g/mol. The van der Waals surface area contributed by atoms with Gasteiger partial charge < -0.3 is 30.2 Å². The van der Waals surface area contributed by atoms with E-state index >= 15 is 0 Å². The molecular formula is C38H38N6O4. The molecular weight excluding hydrogens is 604 g/mol. The number of likely N-dealkylation sites (tertiary alicyclic amines) is 1. The smallest absolute Gasteiger partial charge is 0.252 e. The number of carbonyl (C=O) groups excluding carboxylic acids is 3. The predicted octanol–water partition coefficient (Wildman–Crippen LogP) is 5.38. The summed E-state index contributed by atoms with van der Waals surface area (Å²) in [5.74, 6) is 0.0201. The highest BCUT2D eigenvalue weighted by atomic mass is 16.3. The minimum Gasteiger partial charge on any atom is -0.508 e. The second-order valence-corrected chi connectivity index (χ2v) is 12.4. The first-order valence-electron chi connectivity index (χ1n) is 16.5. The van der Waals surface area contributed by atoms with E-state index in [1.54, 1.807) is 24.3 Å². The molecule has 1 aliphatic rings. The number of carbonyl (C=O) groups is 3. The second kappa shape index (κ2) is 12.9. The number of para-hydroxylation sites is 1. The number of amides is 3. The highest BCUT2D eigenvalue weighted by Gasteiger charge is 2.23. The van der Waals surface area contributed by atoms with Crippen molar-refractivity contribution in [2.24, 2.45) is 5.73 Å². The van der Waals surface area contributed by atoms with Gasteiger partial charge >= 0.3 is 0 Å². The SMILES string of the molecule is CCn1c2ccccc2c2cc(-c3nc4cc(C(=O)N[C@@H](Cc5ccc(O)cc5)C(N)=O)ccc4n3CCCN3CCCC3=O)ccc21. The van der Waals surface area contributed by atoms with Crippen LogP contribution in [-0.4, -0.2) is 61.0 Å². The highest BCUT2D eigenvalue weighted by molar-refractivity contribution is 6.09. The van der Waals surface area contributed by atoms with Crippen LogP contribution in [0.4, 0.5) is 0 Å². The first-order chi connectivity index (χ1) is 23.3. The van der Waals surface area contributed by atoms with Crippen LogP contribution in [0.25, 0.3) is 44.2 Å². The van der Waals surface area contributed by atoms with Gasteiger partial charge in [0, 0.05) is 72.0 Å². The van der Waals surface area contributed by atoms with Crippen LogP contribution in [0.15, 0.2) is 84.9 Å².